The standard InChI is InChI=1S/C41H62N10O17S2/c1-19(33(59)49-27(41(67)68)15-21-7-5-4-6-8-21)44-38(64)26(16-29(43)54)48-37(63)25(13-14-70-3)47-36(62)23(9-11-30(55)56)45-35(61)24(10-12-31(57)58)46-39(65)28(17-52)50-40(66)32(20(2)53)51-34(60)22(42)18-69/h4-8,19-20,22-28,32,52-53,69H,9-18,42H2,1-3H3,(H2,43,54)(H,44,64)(H,45,61)(H,46,65)(H,47,62)(H,48,63)(H,49,59)(H,50,66)(H,51,60)(H,55,56)(H,57,58)(H,67,68)/t19-,20+,22-,23-,24-,25-,26-,27-,28-,32-/m0/s1. The molecule has 0 fully saturated rings. The fourth-order valence-electron chi connectivity index (χ4n) is 6.01. The van der Waals surface area contributed by atoms with Crippen molar-refractivity contribution < 1.29 is 83.1 Å². The van der Waals surface area contributed by atoms with Gasteiger partial charge in [0.15, 0.2) is 0 Å². The van der Waals surface area contributed by atoms with Crippen LogP contribution in [0.15, 0.2) is 30.3 Å². The third-order valence-corrected chi connectivity index (χ3v) is 10.9. The molecule has 0 bridgehead atoms. The lowest BCUT2D eigenvalue weighted by Gasteiger charge is -2.27. The average Bonchev–Trinajstić information content (AvgIpc) is 3.29. The zero-order valence-electron chi connectivity index (χ0n) is 38.4. The molecule has 0 saturated carbocycles. The molecule has 10 atom stereocenters. The minimum atomic E-state index is -1.89. The number of carboxylic acid groups (broad SMARTS) is 3. The number of carboxylic acids is 3. The minimum absolute atomic E-state index is 0.106. The van der Waals surface area contributed by atoms with Crippen molar-refractivity contribution in [2.24, 2.45) is 11.5 Å². The van der Waals surface area contributed by atoms with Crippen LogP contribution in [0, 0.1) is 0 Å². The number of aliphatic carboxylic acids is 3. The van der Waals surface area contributed by atoms with E-state index in [0.29, 0.717) is 5.56 Å². The normalized spacial score (nSPS) is 15.2. The van der Waals surface area contributed by atoms with Gasteiger partial charge >= 0.3 is 17.9 Å². The van der Waals surface area contributed by atoms with E-state index in [9.17, 15) is 83.1 Å². The Balaban J connectivity index is 3.34. The molecule has 0 aliphatic carbocycles. The van der Waals surface area contributed by atoms with Crippen molar-refractivity contribution in [1.29, 1.82) is 0 Å². The molecule has 0 unspecified atom stereocenters. The average molecular weight is 1030 g/mol. The molecule has 29 heteroatoms. The maximum absolute atomic E-state index is 13.8. The molecule has 1 aromatic carbocycles. The van der Waals surface area contributed by atoms with Gasteiger partial charge in [-0.1, -0.05) is 30.3 Å². The van der Waals surface area contributed by atoms with Crippen molar-refractivity contribution in [1.82, 2.24) is 42.5 Å². The first-order valence-electron chi connectivity index (χ1n) is 21.4. The number of rotatable bonds is 33. The molecular weight excluding hydrogens is 969 g/mol. The first-order chi connectivity index (χ1) is 32.8. The highest BCUT2D eigenvalue weighted by Crippen LogP contribution is 2.09. The highest BCUT2D eigenvalue weighted by atomic mass is 32.2. The quantitative estimate of drug-likeness (QED) is 0.0292. The number of carbonyl (C=O) groups is 12. The van der Waals surface area contributed by atoms with Crippen LogP contribution in [0.1, 0.15) is 57.9 Å². The summed E-state index contributed by atoms with van der Waals surface area (Å²) in [6.45, 7) is 1.18. The van der Waals surface area contributed by atoms with Gasteiger partial charge in [-0.2, -0.15) is 24.4 Å². The third-order valence-electron chi connectivity index (χ3n) is 9.90. The van der Waals surface area contributed by atoms with Crippen molar-refractivity contribution in [3.05, 3.63) is 35.9 Å². The summed E-state index contributed by atoms with van der Waals surface area (Å²) in [7, 11) is 0. The van der Waals surface area contributed by atoms with E-state index in [-0.39, 0.29) is 24.3 Å². The topological polar surface area (TPSA) is 454 Å². The van der Waals surface area contributed by atoms with Crippen LogP contribution in [0.25, 0.3) is 0 Å². The smallest absolute Gasteiger partial charge is 0.326 e. The number of hydrogen-bond acceptors (Lipinski definition) is 17. The molecule has 1 aromatic rings. The van der Waals surface area contributed by atoms with Gasteiger partial charge in [0.2, 0.25) is 53.2 Å². The van der Waals surface area contributed by atoms with Crippen molar-refractivity contribution in [3.8, 4) is 0 Å². The highest BCUT2D eigenvalue weighted by Gasteiger charge is 2.36. The highest BCUT2D eigenvalue weighted by molar-refractivity contribution is 7.98. The van der Waals surface area contributed by atoms with Gasteiger partial charge in [-0.15, -0.1) is 0 Å². The van der Waals surface area contributed by atoms with Gasteiger partial charge in [-0.25, -0.2) is 4.79 Å². The van der Waals surface area contributed by atoms with Gasteiger partial charge in [0.05, 0.1) is 25.2 Å². The maximum Gasteiger partial charge on any atom is 0.326 e. The predicted octanol–water partition coefficient (Wildman–Crippen LogP) is -5.80. The summed E-state index contributed by atoms with van der Waals surface area (Å²) in [5.74, 6) is -14.3. The second-order valence-corrected chi connectivity index (χ2v) is 17.0. The van der Waals surface area contributed by atoms with Gasteiger partial charge in [-0.05, 0) is 50.7 Å². The number of nitrogens with two attached hydrogens (primary N) is 2. The van der Waals surface area contributed by atoms with Gasteiger partial charge in [0.1, 0.15) is 48.3 Å². The second kappa shape index (κ2) is 31.5. The lowest BCUT2D eigenvalue weighted by molar-refractivity contribution is -0.142. The molecule has 9 amide bonds. The molecule has 0 heterocycles. The van der Waals surface area contributed by atoms with E-state index in [4.69, 9.17) is 11.5 Å². The third kappa shape index (κ3) is 22.7. The minimum Gasteiger partial charge on any atom is -0.481 e. The lowest BCUT2D eigenvalue weighted by atomic mass is 10.1. The summed E-state index contributed by atoms with van der Waals surface area (Å²) in [4.78, 5) is 153. The molecule has 0 radical (unpaired) electrons. The number of hydrogen-bond donors (Lipinski definition) is 16. The zero-order valence-corrected chi connectivity index (χ0v) is 40.1. The number of carbonyl (C=O) groups excluding carboxylic acids is 9. The Kier molecular flexibility index (Phi) is 27.7. The molecule has 0 aliphatic rings. The fourth-order valence-corrected chi connectivity index (χ4v) is 6.64. The van der Waals surface area contributed by atoms with Crippen LogP contribution in [0.3, 0.4) is 0 Å². The van der Waals surface area contributed by atoms with E-state index in [0.717, 1.165) is 6.92 Å². The first-order valence-corrected chi connectivity index (χ1v) is 23.4. The van der Waals surface area contributed by atoms with Crippen LogP contribution >= 0.6 is 24.4 Å². The van der Waals surface area contributed by atoms with Crippen molar-refractivity contribution in [2.75, 3.05) is 24.4 Å². The molecule has 0 spiro atoms. The number of benzene rings is 1. The number of aliphatic hydroxyl groups is 2. The fraction of sp³-hybridized carbons (Fsp3) is 0.561. The summed E-state index contributed by atoms with van der Waals surface area (Å²) >= 11 is 5.09. The number of primary amides is 1. The predicted molar refractivity (Wildman–Crippen MR) is 250 cm³/mol. The van der Waals surface area contributed by atoms with E-state index < -0.39 is 170 Å². The largest absolute Gasteiger partial charge is 0.481 e. The van der Waals surface area contributed by atoms with Crippen LogP contribution in [0.5, 0.6) is 0 Å². The molecule has 0 saturated heterocycles. The summed E-state index contributed by atoms with van der Waals surface area (Å²) in [6.07, 6.45) is -3.90. The zero-order chi connectivity index (χ0) is 53.2. The maximum atomic E-state index is 13.8. The Hall–Kier alpha value is -6.56. The van der Waals surface area contributed by atoms with Crippen LogP contribution in [0.2, 0.25) is 0 Å². The van der Waals surface area contributed by atoms with E-state index in [1.807, 2.05) is 0 Å². The second-order valence-electron chi connectivity index (χ2n) is 15.6. The molecule has 0 aliphatic heterocycles. The molecule has 70 heavy (non-hydrogen) atoms. The number of amides is 9. The van der Waals surface area contributed by atoms with Gasteiger partial charge in [0, 0.05) is 25.0 Å². The van der Waals surface area contributed by atoms with Gasteiger partial charge in [-0.3, -0.25) is 52.7 Å². The molecule has 27 nitrogen and oxygen atoms in total. The lowest BCUT2D eigenvalue weighted by Crippen LogP contribution is -2.62. The molecule has 0 aromatic heterocycles. The first kappa shape index (κ1) is 61.5. The monoisotopic (exact) mass is 1030 g/mol. The summed E-state index contributed by atoms with van der Waals surface area (Å²) < 4.78 is 0. The van der Waals surface area contributed by atoms with E-state index in [2.05, 4.69) is 55.2 Å². The number of thioether (sulfide) groups is 1. The van der Waals surface area contributed by atoms with Crippen LogP contribution in [-0.4, -0.2) is 181 Å². The van der Waals surface area contributed by atoms with Crippen LogP contribution in [0.4, 0.5) is 0 Å². The molecule has 1 rings (SSSR count). The van der Waals surface area contributed by atoms with Crippen molar-refractivity contribution in [3.63, 3.8) is 0 Å². The Morgan fingerprint density at radius 1 is 0.600 bits per heavy atom. The number of nitrogens with one attached hydrogen (secondary N) is 8. The molecule has 17 N–H and O–H groups in total. The van der Waals surface area contributed by atoms with Crippen molar-refractivity contribution >= 4 is 95.5 Å². The summed E-state index contributed by atoms with van der Waals surface area (Å²) in [6, 6.07) is -6.30. The van der Waals surface area contributed by atoms with Crippen molar-refractivity contribution in [2.45, 2.75) is 119 Å². The van der Waals surface area contributed by atoms with Crippen LogP contribution < -0.4 is 54.0 Å². The van der Waals surface area contributed by atoms with E-state index in [1.165, 1.54) is 18.7 Å². The van der Waals surface area contributed by atoms with E-state index in [1.54, 1.807) is 36.6 Å². The molecule has 390 valence electrons. The summed E-state index contributed by atoms with van der Waals surface area (Å²) in [5, 5.41) is 66.4. The Bertz CT molecular complexity index is 2020. The molecular formula is C41H62N10O17S2. The van der Waals surface area contributed by atoms with E-state index >= 15 is 0 Å². The van der Waals surface area contributed by atoms with Gasteiger partial charge < -0.3 is 79.5 Å². The number of thiol groups is 1. The number of aliphatic hydroxyl groups excluding tert-OH is 2. The summed E-state index contributed by atoms with van der Waals surface area (Å²) in [5.41, 5.74) is 11.5. The van der Waals surface area contributed by atoms with Gasteiger partial charge in [0.25, 0.3) is 0 Å². The SMILES string of the molecule is CSCC[C@H](NC(=O)[C@H](CCC(=O)O)NC(=O)[C@H](CCC(=O)O)NC(=O)[C@H](CO)NC(=O)[C@@H](NC(=O)[C@@H](N)CS)[C@@H](C)O)C(=O)N[C@@H](CC(N)=O)C(=O)N[C@@H](C)C(=O)N[C@@H](Cc1ccccc1)C(=O)O. The Morgan fingerprint density at radius 3 is 1.47 bits per heavy atom. The van der Waals surface area contributed by atoms with Crippen LogP contribution in [-0.2, 0) is 64.0 Å². The Morgan fingerprint density at radius 2 is 1.04 bits per heavy atom. The Labute approximate surface area is 410 Å².